The highest BCUT2D eigenvalue weighted by Crippen LogP contribution is 2.11. The van der Waals surface area contributed by atoms with E-state index in [-0.39, 0.29) is 18.6 Å². The van der Waals surface area contributed by atoms with E-state index in [0.717, 1.165) is 0 Å². The van der Waals surface area contributed by atoms with Gasteiger partial charge in [0, 0.05) is 13.6 Å². The second kappa shape index (κ2) is 8.18. The Morgan fingerprint density at radius 3 is 2.55 bits per heavy atom. The second-order valence-corrected chi connectivity index (χ2v) is 4.66. The van der Waals surface area contributed by atoms with E-state index in [1.54, 1.807) is 36.2 Å². The maximum atomic E-state index is 11.8. The lowest BCUT2D eigenvalue weighted by atomic mass is 10.2. The van der Waals surface area contributed by atoms with Gasteiger partial charge in [-0.2, -0.15) is 5.26 Å². The fourth-order valence-corrected chi connectivity index (χ4v) is 1.43. The lowest BCUT2D eigenvalue weighted by Crippen LogP contribution is -2.34. The fraction of sp³-hybridized carbons (Fsp3) is 0.467. The standard InChI is InChI=1S/C15H20N2O3/c1-12(2)19-9-8-17(3)15(18)11-20-14-6-4-13(10-16)5-7-14/h4-7,12H,8-9,11H2,1-3H3. The van der Waals surface area contributed by atoms with Crippen molar-refractivity contribution < 1.29 is 14.3 Å². The Morgan fingerprint density at radius 2 is 2.00 bits per heavy atom. The molecular formula is C15H20N2O3. The largest absolute Gasteiger partial charge is 0.484 e. The van der Waals surface area contributed by atoms with Gasteiger partial charge < -0.3 is 14.4 Å². The molecule has 0 aromatic heterocycles. The number of carbonyl (C=O) groups excluding carboxylic acids is 1. The zero-order valence-electron chi connectivity index (χ0n) is 12.1. The lowest BCUT2D eigenvalue weighted by Gasteiger charge is -2.18. The molecule has 108 valence electrons. The molecule has 1 aromatic rings. The normalized spacial score (nSPS) is 10.2. The van der Waals surface area contributed by atoms with E-state index in [2.05, 4.69) is 0 Å². The molecule has 0 N–H and O–H groups in total. The predicted molar refractivity (Wildman–Crippen MR) is 75.4 cm³/mol. The quantitative estimate of drug-likeness (QED) is 0.762. The molecule has 0 bridgehead atoms. The van der Waals surface area contributed by atoms with Crippen molar-refractivity contribution in [2.75, 3.05) is 26.8 Å². The molecule has 0 unspecified atom stereocenters. The van der Waals surface area contributed by atoms with E-state index in [1.807, 2.05) is 19.9 Å². The van der Waals surface area contributed by atoms with Crippen LogP contribution >= 0.6 is 0 Å². The van der Waals surface area contributed by atoms with Gasteiger partial charge in [-0.05, 0) is 38.1 Å². The van der Waals surface area contributed by atoms with Crippen LogP contribution in [0.25, 0.3) is 0 Å². The van der Waals surface area contributed by atoms with Crippen LogP contribution in [0.5, 0.6) is 5.75 Å². The summed E-state index contributed by atoms with van der Waals surface area (Å²) in [7, 11) is 1.72. The lowest BCUT2D eigenvalue weighted by molar-refractivity contribution is -0.132. The minimum atomic E-state index is -0.110. The van der Waals surface area contributed by atoms with Gasteiger partial charge in [0.1, 0.15) is 5.75 Å². The zero-order valence-corrected chi connectivity index (χ0v) is 12.1. The number of hydrogen-bond acceptors (Lipinski definition) is 4. The van der Waals surface area contributed by atoms with Gasteiger partial charge in [0.25, 0.3) is 5.91 Å². The summed E-state index contributed by atoms with van der Waals surface area (Å²) >= 11 is 0. The van der Waals surface area contributed by atoms with Crippen LogP contribution in [0.15, 0.2) is 24.3 Å². The van der Waals surface area contributed by atoms with Gasteiger partial charge in [-0.3, -0.25) is 4.79 Å². The fourth-order valence-electron chi connectivity index (χ4n) is 1.43. The van der Waals surface area contributed by atoms with Crippen molar-refractivity contribution in [1.82, 2.24) is 4.90 Å². The summed E-state index contributed by atoms with van der Waals surface area (Å²) in [6, 6.07) is 8.68. The smallest absolute Gasteiger partial charge is 0.260 e. The second-order valence-electron chi connectivity index (χ2n) is 4.66. The number of amides is 1. The first-order valence-corrected chi connectivity index (χ1v) is 6.51. The third-order valence-corrected chi connectivity index (χ3v) is 2.65. The molecule has 0 heterocycles. The number of rotatable bonds is 7. The van der Waals surface area contributed by atoms with Gasteiger partial charge in [0.2, 0.25) is 0 Å². The average Bonchev–Trinajstić information content (AvgIpc) is 2.44. The van der Waals surface area contributed by atoms with Crippen molar-refractivity contribution in [3.8, 4) is 11.8 Å². The predicted octanol–water partition coefficient (Wildman–Crippen LogP) is 1.82. The highest BCUT2D eigenvalue weighted by Gasteiger charge is 2.09. The molecule has 0 saturated heterocycles. The van der Waals surface area contributed by atoms with Crippen LogP contribution in [-0.4, -0.2) is 43.7 Å². The van der Waals surface area contributed by atoms with Crippen LogP contribution in [0.4, 0.5) is 0 Å². The monoisotopic (exact) mass is 276 g/mol. The summed E-state index contributed by atoms with van der Waals surface area (Å²) in [6.07, 6.45) is 0.161. The van der Waals surface area contributed by atoms with Crippen LogP contribution in [-0.2, 0) is 9.53 Å². The van der Waals surface area contributed by atoms with Gasteiger partial charge in [-0.15, -0.1) is 0 Å². The van der Waals surface area contributed by atoms with E-state index in [4.69, 9.17) is 14.7 Å². The SMILES string of the molecule is CC(C)OCCN(C)C(=O)COc1ccc(C#N)cc1. The van der Waals surface area contributed by atoms with Crippen LogP contribution in [0.3, 0.4) is 0 Å². The summed E-state index contributed by atoms with van der Waals surface area (Å²) in [5, 5.41) is 8.68. The zero-order chi connectivity index (χ0) is 15.0. The first-order valence-electron chi connectivity index (χ1n) is 6.51. The van der Waals surface area contributed by atoms with Gasteiger partial charge >= 0.3 is 0 Å². The Balaban J connectivity index is 2.32. The molecule has 5 heteroatoms. The third-order valence-electron chi connectivity index (χ3n) is 2.65. The molecule has 20 heavy (non-hydrogen) atoms. The summed E-state index contributed by atoms with van der Waals surface area (Å²) in [6.45, 7) is 4.93. The Morgan fingerprint density at radius 1 is 1.35 bits per heavy atom. The van der Waals surface area contributed by atoms with E-state index in [9.17, 15) is 4.79 Å². The van der Waals surface area contributed by atoms with E-state index in [0.29, 0.717) is 24.5 Å². The van der Waals surface area contributed by atoms with E-state index >= 15 is 0 Å². The molecule has 0 aliphatic heterocycles. The van der Waals surface area contributed by atoms with Crippen molar-refractivity contribution in [2.45, 2.75) is 20.0 Å². The van der Waals surface area contributed by atoms with Crippen molar-refractivity contribution in [3.63, 3.8) is 0 Å². The molecule has 0 aliphatic carbocycles. The maximum absolute atomic E-state index is 11.8. The minimum absolute atomic E-state index is 0.0237. The Bertz CT molecular complexity index is 463. The van der Waals surface area contributed by atoms with Gasteiger partial charge in [0.05, 0.1) is 24.3 Å². The Kier molecular flexibility index (Phi) is 6.54. The maximum Gasteiger partial charge on any atom is 0.260 e. The molecule has 0 atom stereocenters. The van der Waals surface area contributed by atoms with Gasteiger partial charge in [0.15, 0.2) is 6.61 Å². The number of ether oxygens (including phenoxy) is 2. The third kappa shape index (κ3) is 5.72. The van der Waals surface area contributed by atoms with Crippen molar-refractivity contribution >= 4 is 5.91 Å². The molecule has 0 saturated carbocycles. The van der Waals surface area contributed by atoms with Crippen LogP contribution in [0.2, 0.25) is 0 Å². The van der Waals surface area contributed by atoms with Crippen molar-refractivity contribution in [1.29, 1.82) is 5.26 Å². The van der Waals surface area contributed by atoms with Crippen LogP contribution in [0, 0.1) is 11.3 Å². The molecule has 5 nitrogen and oxygen atoms in total. The Labute approximate surface area is 119 Å². The average molecular weight is 276 g/mol. The number of nitriles is 1. The summed E-state index contributed by atoms with van der Waals surface area (Å²) in [5.74, 6) is 0.464. The van der Waals surface area contributed by atoms with Gasteiger partial charge in [-0.1, -0.05) is 0 Å². The highest BCUT2D eigenvalue weighted by atomic mass is 16.5. The van der Waals surface area contributed by atoms with Gasteiger partial charge in [-0.25, -0.2) is 0 Å². The first kappa shape index (κ1) is 16.0. The van der Waals surface area contributed by atoms with E-state index < -0.39 is 0 Å². The number of likely N-dealkylation sites (N-methyl/N-ethyl adjacent to an activating group) is 1. The molecule has 0 radical (unpaired) electrons. The topological polar surface area (TPSA) is 62.6 Å². The molecule has 0 aliphatic rings. The molecule has 1 amide bonds. The Hall–Kier alpha value is -2.06. The number of hydrogen-bond donors (Lipinski definition) is 0. The highest BCUT2D eigenvalue weighted by molar-refractivity contribution is 5.77. The minimum Gasteiger partial charge on any atom is -0.484 e. The molecule has 0 fully saturated rings. The number of nitrogens with zero attached hydrogens (tertiary/aromatic N) is 2. The summed E-state index contributed by atoms with van der Waals surface area (Å²) in [5.41, 5.74) is 0.562. The molecule has 1 rings (SSSR count). The molecular weight excluding hydrogens is 256 g/mol. The van der Waals surface area contributed by atoms with E-state index in [1.165, 1.54) is 0 Å². The molecule has 1 aromatic carbocycles. The van der Waals surface area contributed by atoms with Crippen molar-refractivity contribution in [3.05, 3.63) is 29.8 Å². The van der Waals surface area contributed by atoms with Crippen molar-refractivity contribution in [2.24, 2.45) is 0 Å². The number of carbonyl (C=O) groups is 1. The summed E-state index contributed by atoms with van der Waals surface area (Å²) < 4.78 is 10.8. The number of benzene rings is 1. The first-order chi connectivity index (χ1) is 9.52. The van der Waals surface area contributed by atoms with Crippen LogP contribution in [0.1, 0.15) is 19.4 Å². The summed E-state index contributed by atoms with van der Waals surface area (Å²) in [4.78, 5) is 13.4. The van der Waals surface area contributed by atoms with Crippen LogP contribution < -0.4 is 4.74 Å². The molecule has 0 spiro atoms.